The van der Waals surface area contributed by atoms with Gasteiger partial charge < -0.3 is 9.73 Å². The summed E-state index contributed by atoms with van der Waals surface area (Å²) in [4.78, 5) is 4.44. The molecule has 1 fully saturated rings. The summed E-state index contributed by atoms with van der Waals surface area (Å²) in [6.45, 7) is 5.79. The summed E-state index contributed by atoms with van der Waals surface area (Å²) in [7, 11) is 0. The summed E-state index contributed by atoms with van der Waals surface area (Å²) >= 11 is 0. The number of aromatic nitrogens is 3. The van der Waals surface area contributed by atoms with E-state index in [0.717, 1.165) is 54.0 Å². The van der Waals surface area contributed by atoms with E-state index in [0.29, 0.717) is 28.1 Å². The summed E-state index contributed by atoms with van der Waals surface area (Å²) in [6.07, 6.45) is 2.01. The number of hydrogen-bond donors (Lipinski definition) is 1. The second-order valence-corrected chi connectivity index (χ2v) is 7.56. The Kier molecular flexibility index (Phi) is 4.09. The Morgan fingerprint density at radius 3 is 2.68 bits per heavy atom. The number of pyridine rings is 1. The zero-order valence-corrected chi connectivity index (χ0v) is 15.9. The summed E-state index contributed by atoms with van der Waals surface area (Å²) in [5.74, 6) is 0.644. The molecule has 5 nitrogen and oxygen atoms in total. The zero-order chi connectivity index (χ0) is 19.3. The lowest BCUT2D eigenvalue weighted by Crippen LogP contribution is -2.27. The van der Waals surface area contributed by atoms with Gasteiger partial charge in [0.1, 0.15) is 11.6 Å². The first-order chi connectivity index (χ1) is 13.6. The van der Waals surface area contributed by atoms with Crippen LogP contribution in [0.15, 0.2) is 34.7 Å². The molecule has 4 heterocycles. The standard InChI is InChI=1S/C22H21FN4O/c1-12-7-16-10-21(28-22(16)13(2)25-12)15-8-18(23)17-11-19(26-27-20(17)9-15)14-3-5-24-6-4-14/h7-11,14,24H,3-6H2,1-2H3. The molecule has 0 bridgehead atoms. The Bertz CT molecular complexity index is 1190. The van der Waals surface area contributed by atoms with Crippen molar-refractivity contribution in [2.45, 2.75) is 32.6 Å². The van der Waals surface area contributed by atoms with Crippen molar-refractivity contribution in [3.63, 3.8) is 0 Å². The first-order valence-corrected chi connectivity index (χ1v) is 9.64. The molecule has 0 atom stereocenters. The van der Waals surface area contributed by atoms with Crippen molar-refractivity contribution in [1.29, 1.82) is 0 Å². The molecular weight excluding hydrogens is 355 g/mol. The van der Waals surface area contributed by atoms with Crippen LogP contribution in [-0.2, 0) is 0 Å². The van der Waals surface area contributed by atoms with Gasteiger partial charge in [-0.05, 0) is 70.1 Å². The first-order valence-electron chi connectivity index (χ1n) is 9.64. The normalized spacial score (nSPS) is 15.5. The SMILES string of the molecule is Cc1cc2cc(-c3cc(F)c4cc(C5CCNCC5)nnc4c3)oc2c(C)n1. The molecule has 0 amide bonds. The lowest BCUT2D eigenvalue weighted by Gasteiger charge is -2.21. The van der Waals surface area contributed by atoms with Crippen LogP contribution in [0.3, 0.4) is 0 Å². The fraction of sp³-hybridized carbons (Fsp3) is 0.318. The molecule has 0 spiro atoms. The van der Waals surface area contributed by atoms with E-state index in [9.17, 15) is 4.39 Å². The monoisotopic (exact) mass is 376 g/mol. The minimum atomic E-state index is -0.302. The molecule has 6 heteroatoms. The molecule has 4 aromatic rings. The number of piperidine rings is 1. The van der Waals surface area contributed by atoms with Gasteiger partial charge >= 0.3 is 0 Å². The molecule has 1 aliphatic rings. The minimum absolute atomic E-state index is 0.302. The number of nitrogens with zero attached hydrogens (tertiary/aromatic N) is 3. The van der Waals surface area contributed by atoms with Crippen molar-refractivity contribution < 1.29 is 8.81 Å². The number of furan rings is 1. The van der Waals surface area contributed by atoms with Gasteiger partial charge in [0.05, 0.1) is 16.9 Å². The van der Waals surface area contributed by atoms with Gasteiger partial charge in [-0.15, -0.1) is 0 Å². The van der Waals surface area contributed by atoms with Crippen LogP contribution in [0.25, 0.3) is 33.2 Å². The van der Waals surface area contributed by atoms with Crippen LogP contribution in [0, 0.1) is 19.7 Å². The number of halogens is 1. The van der Waals surface area contributed by atoms with Gasteiger partial charge in [0, 0.05) is 27.9 Å². The van der Waals surface area contributed by atoms with Gasteiger partial charge in [-0.3, -0.25) is 4.98 Å². The highest BCUT2D eigenvalue weighted by molar-refractivity contribution is 5.88. The maximum absolute atomic E-state index is 14.9. The Labute approximate surface area is 162 Å². The molecule has 1 aromatic carbocycles. The zero-order valence-electron chi connectivity index (χ0n) is 15.9. The Morgan fingerprint density at radius 1 is 1.04 bits per heavy atom. The van der Waals surface area contributed by atoms with Crippen LogP contribution in [0.2, 0.25) is 0 Å². The second kappa shape index (κ2) is 6.63. The third-order valence-electron chi connectivity index (χ3n) is 5.51. The Morgan fingerprint density at radius 2 is 1.86 bits per heavy atom. The molecule has 0 unspecified atom stereocenters. The van der Waals surface area contributed by atoms with Crippen molar-refractivity contribution in [1.82, 2.24) is 20.5 Å². The molecule has 0 saturated carbocycles. The predicted molar refractivity (Wildman–Crippen MR) is 107 cm³/mol. The topological polar surface area (TPSA) is 63.8 Å². The van der Waals surface area contributed by atoms with Crippen molar-refractivity contribution in [2.75, 3.05) is 13.1 Å². The van der Waals surface area contributed by atoms with Gasteiger partial charge in [-0.1, -0.05) is 0 Å². The van der Waals surface area contributed by atoms with Gasteiger partial charge in [0.25, 0.3) is 0 Å². The molecule has 1 N–H and O–H groups in total. The summed E-state index contributed by atoms with van der Waals surface area (Å²) in [5, 5.41) is 13.5. The van der Waals surface area contributed by atoms with E-state index in [2.05, 4.69) is 20.5 Å². The van der Waals surface area contributed by atoms with Crippen molar-refractivity contribution in [2.24, 2.45) is 0 Å². The number of aryl methyl sites for hydroxylation is 2. The van der Waals surface area contributed by atoms with Gasteiger partial charge in [0.15, 0.2) is 5.58 Å². The minimum Gasteiger partial charge on any atom is -0.454 e. The molecule has 1 aliphatic heterocycles. The summed E-state index contributed by atoms with van der Waals surface area (Å²) < 4.78 is 20.9. The third-order valence-corrected chi connectivity index (χ3v) is 5.51. The fourth-order valence-electron chi connectivity index (χ4n) is 4.09. The summed E-state index contributed by atoms with van der Waals surface area (Å²) in [6, 6.07) is 9.11. The molecule has 142 valence electrons. The molecule has 5 rings (SSSR count). The van der Waals surface area contributed by atoms with Crippen LogP contribution in [0.4, 0.5) is 4.39 Å². The number of hydrogen-bond acceptors (Lipinski definition) is 5. The third kappa shape index (κ3) is 2.94. The van der Waals surface area contributed by atoms with Gasteiger partial charge in [0.2, 0.25) is 0 Å². The van der Waals surface area contributed by atoms with Crippen LogP contribution in [-0.4, -0.2) is 28.3 Å². The average Bonchev–Trinajstić information content (AvgIpc) is 3.13. The Balaban J connectivity index is 1.58. The van der Waals surface area contributed by atoms with E-state index in [1.807, 2.05) is 38.1 Å². The van der Waals surface area contributed by atoms with Gasteiger partial charge in [-0.25, -0.2) is 4.39 Å². The maximum Gasteiger partial charge on any atom is 0.156 e. The van der Waals surface area contributed by atoms with Crippen LogP contribution < -0.4 is 5.32 Å². The number of benzene rings is 1. The smallest absolute Gasteiger partial charge is 0.156 e. The van der Waals surface area contributed by atoms with E-state index in [-0.39, 0.29) is 5.82 Å². The number of fused-ring (bicyclic) bond motifs is 2. The molecular formula is C22H21FN4O. The lowest BCUT2D eigenvalue weighted by atomic mass is 9.93. The van der Waals surface area contributed by atoms with E-state index < -0.39 is 0 Å². The highest BCUT2D eigenvalue weighted by Gasteiger charge is 2.19. The molecule has 3 aromatic heterocycles. The van der Waals surface area contributed by atoms with Crippen molar-refractivity contribution >= 4 is 21.9 Å². The van der Waals surface area contributed by atoms with E-state index >= 15 is 0 Å². The number of rotatable bonds is 2. The fourth-order valence-corrected chi connectivity index (χ4v) is 4.09. The average molecular weight is 376 g/mol. The van der Waals surface area contributed by atoms with E-state index in [1.165, 1.54) is 6.07 Å². The van der Waals surface area contributed by atoms with Crippen LogP contribution in [0.1, 0.15) is 35.8 Å². The molecule has 1 saturated heterocycles. The van der Waals surface area contributed by atoms with Crippen LogP contribution in [0.5, 0.6) is 0 Å². The lowest BCUT2D eigenvalue weighted by molar-refractivity contribution is 0.451. The molecule has 0 radical (unpaired) electrons. The summed E-state index contributed by atoms with van der Waals surface area (Å²) in [5.41, 5.74) is 4.56. The van der Waals surface area contributed by atoms with Crippen molar-refractivity contribution in [3.05, 3.63) is 53.2 Å². The molecule has 0 aliphatic carbocycles. The largest absolute Gasteiger partial charge is 0.454 e. The number of nitrogens with one attached hydrogen (secondary N) is 1. The quantitative estimate of drug-likeness (QED) is 0.551. The first kappa shape index (κ1) is 17.3. The predicted octanol–water partition coefficient (Wildman–Crippen LogP) is 4.66. The van der Waals surface area contributed by atoms with E-state index in [1.54, 1.807) is 0 Å². The highest BCUT2D eigenvalue weighted by Crippen LogP contribution is 2.33. The Hall–Kier alpha value is -2.86. The van der Waals surface area contributed by atoms with E-state index in [4.69, 9.17) is 4.42 Å². The molecule has 28 heavy (non-hydrogen) atoms. The second-order valence-electron chi connectivity index (χ2n) is 7.56. The van der Waals surface area contributed by atoms with Gasteiger partial charge in [-0.2, -0.15) is 10.2 Å². The van der Waals surface area contributed by atoms with Crippen molar-refractivity contribution in [3.8, 4) is 11.3 Å². The van der Waals surface area contributed by atoms with Crippen LogP contribution >= 0.6 is 0 Å². The highest BCUT2D eigenvalue weighted by atomic mass is 19.1. The maximum atomic E-state index is 14.9.